The second-order valence-electron chi connectivity index (χ2n) is 4.62. The lowest BCUT2D eigenvalue weighted by Gasteiger charge is -2.16. The third-order valence-corrected chi connectivity index (χ3v) is 4.70. The predicted octanol–water partition coefficient (Wildman–Crippen LogP) is 2.87. The number of benzene rings is 2. The van der Waals surface area contributed by atoms with Gasteiger partial charge >= 0.3 is 5.97 Å². The quantitative estimate of drug-likeness (QED) is 0.323. The van der Waals surface area contributed by atoms with Crippen LogP contribution in [0.1, 0.15) is 15.8 Å². The fourth-order valence-corrected chi connectivity index (χ4v) is 3.13. The van der Waals surface area contributed by atoms with Crippen LogP contribution in [-0.4, -0.2) is 26.3 Å². The van der Waals surface area contributed by atoms with E-state index in [1.807, 2.05) is 0 Å². The molecule has 2 aromatic carbocycles. The Morgan fingerprint density at radius 3 is 2.44 bits per heavy atom. The molecule has 0 aliphatic carbocycles. The average molecular weight is 389 g/mol. The van der Waals surface area contributed by atoms with E-state index in [0.717, 1.165) is 24.3 Å². The Balaban J connectivity index is 2.42. The molecule has 0 heterocycles. The summed E-state index contributed by atoms with van der Waals surface area (Å²) in [6.07, 6.45) is -2.01. The number of nitro groups is 1. The molecule has 0 aliphatic rings. The SMILES string of the molecule is [2H]C([2H])([2H])OC(=O)[C@H](OS(=O)(=O)c1ccc([N+](=O)[O-])cc1)c1ccccc1Cl. The highest BCUT2D eigenvalue weighted by atomic mass is 35.5. The predicted molar refractivity (Wildman–Crippen MR) is 87.6 cm³/mol. The minimum atomic E-state index is -4.63. The highest BCUT2D eigenvalue weighted by molar-refractivity contribution is 7.86. The summed E-state index contributed by atoms with van der Waals surface area (Å²) in [5.41, 5.74) is -0.493. The van der Waals surface area contributed by atoms with Gasteiger partial charge in [0.15, 0.2) is 0 Å². The van der Waals surface area contributed by atoms with Gasteiger partial charge in [-0.3, -0.25) is 10.1 Å². The number of nitrogens with zero attached hydrogens (tertiary/aromatic N) is 1. The van der Waals surface area contributed by atoms with Crippen LogP contribution in [0.25, 0.3) is 0 Å². The minimum absolute atomic E-state index is 0.0612. The molecule has 0 spiro atoms. The van der Waals surface area contributed by atoms with E-state index in [0.29, 0.717) is 0 Å². The van der Waals surface area contributed by atoms with Gasteiger partial charge in [-0.1, -0.05) is 29.8 Å². The first-order chi connectivity index (χ1) is 12.9. The van der Waals surface area contributed by atoms with E-state index in [1.54, 1.807) is 0 Å². The molecule has 0 saturated heterocycles. The fraction of sp³-hybridized carbons (Fsp3) is 0.133. The largest absolute Gasteiger partial charge is 0.467 e. The first-order valence-electron chi connectivity index (χ1n) is 8.06. The monoisotopic (exact) mass is 388 g/mol. The Hall–Kier alpha value is -2.49. The fourth-order valence-electron chi connectivity index (χ4n) is 1.88. The summed E-state index contributed by atoms with van der Waals surface area (Å²) in [6, 6.07) is 9.22. The van der Waals surface area contributed by atoms with Gasteiger partial charge in [0.1, 0.15) is 0 Å². The molecule has 0 radical (unpaired) electrons. The van der Waals surface area contributed by atoms with Crippen molar-refractivity contribution < 1.29 is 31.2 Å². The summed E-state index contributed by atoms with van der Waals surface area (Å²) in [7, 11) is -7.78. The minimum Gasteiger partial charge on any atom is -0.467 e. The van der Waals surface area contributed by atoms with Crippen molar-refractivity contribution in [3.05, 3.63) is 69.2 Å². The van der Waals surface area contributed by atoms with Gasteiger partial charge in [0, 0.05) is 22.7 Å². The normalized spacial score (nSPS) is 14.7. The number of nitro benzene ring substituents is 1. The van der Waals surface area contributed by atoms with E-state index in [9.17, 15) is 23.3 Å². The van der Waals surface area contributed by atoms with Gasteiger partial charge in [-0.05, 0) is 18.2 Å². The molecule has 0 N–H and O–H groups in total. The zero-order valence-electron chi connectivity index (χ0n) is 15.3. The molecule has 1 atom stereocenters. The Morgan fingerprint density at radius 2 is 1.88 bits per heavy atom. The lowest BCUT2D eigenvalue weighted by molar-refractivity contribution is -0.384. The zero-order valence-corrected chi connectivity index (χ0v) is 13.9. The van der Waals surface area contributed by atoms with Crippen molar-refractivity contribution in [2.75, 3.05) is 7.04 Å². The molecule has 0 fully saturated rings. The van der Waals surface area contributed by atoms with Crippen molar-refractivity contribution in [2.45, 2.75) is 11.0 Å². The molecule has 0 amide bonds. The number of carbonyl (C=O) groups excluding carboxylic acids is 1. The van der Waals surface area contributed by atoms with Crippen LogP contribution in [0, 0.1) is 10.1 Å². The van der Waals surface area contributed by atoms with Gasteiger partial charge < -0.3 is 4.74 Å². The maximum absolute atomic E-state index is 12.5. The smallest absolute Gasteiger partial charge is 0.341 e. The number of hydrogen-bond donors (Lipinski definition) is 0. The van der Waals surface area contributed by atoms with Gasteiger partial charge in [-0.15, -0.1) is 0 Å². The third-order valence-electron chi connectivity index (χ3n) is 3.06. The molecular formula is C15H12ClNO7S. The zero-order chi connectivity index (χ0) is 21.1. The number of carbonyl (C=O) groups is 1. The molecule has 0 bridgehead atoms. The molecule has 8 nitrogen and oxygen atoms in total. The van der Waals surface area contributed by atoms with E-state index in [2.05, 4.69) is 4.74 Å². The summed E-state index contributed by atoms with van der Waals surface area (Å²) in [4.78, 5) is 21.7. The van der Waals surface area contributed by atoms with Gasteiger partial charge in [-0.25, -0.2) is 8.98 Å². The summed E-state index contributed by atoms with van der Waals surface area (Å²) in [6.45, 7) is 0. The number of hydrogen-bond acceptors (Lipinski definition) is 7. The standard InChI is InChI=1S/C15H12ClNO7S/c1-23-15(18)14(12-4-2-3-5-13(12)16)24-25(21,22)11-8-6-10(7-9-11)17(19)20/h2-9,14H,1H3/t14-/m1/s1/i1D3. The Kier molecular flexibility index (Phi) is 4.50. The molecule has 2 rings (SSSR count). The van der Waals surface area contributed by atoms with Crippen LogP contribution in [-0.2, 0) is 23.8 Å². The molecular weight excluding hydrogens is 374 g/mol. The summed E-state index contributed by atoms with van der Waals surface area (Å²) >= 11 is 5.97. The maximum atomic E-state index is 12.5. The first kappa shape index (κ1) is 14.8. The number of methoxy groups -OCH3 is 1. The molecule has 25 heavy (non-hydrogen) atoms. The molecule has 0 saturated carbocycles. The van der Waals surface area contributed by atoms with Crippen LogP contribution in [0.5, 0.6) is 0 Å². The Labute approximate surface area is 152 Å². The average Bonchev–Trinajstić information content (AvgIpc) is 2.59. The number of rotatable bonds is 6. The van der Waals surface area contributed by atoms with Crippen LogP contribution in [0.3, 0.4) is 0 Å². The van der Waals surface area contributed by atoms with Crippen LogP contribution >= 0.6 is 11.6 Å². The van der Waals surface area contributed by atoms with Gasteiger partial charge in [-0.2, -0.15) is 8.42 Å². The Morgan fingerprint density at radius 1 is 1.24 bits per heavy atom. The van der Waals surface area contributed by atoms with Gasteiger partial charge in [0.25, 0.3) is 15.8 Å². The summed E-state index contributed by atoms with van der Waals surface area (Å²) in [5, 5.41) is 10.6. The first-order valence-corrected chi connectivity index (χ1v) is 8.34. The van der Waals surface area contributed by atoms with Crippen molar-refractivity contribution in [3.63, 3.8) is 0 Å². The lowest BCUT2D eigenvalue weighted by Crippen LogP contribution is -2.21. The summed E-state index contributed by atoms with van der Waals surface area (Å²) in [5.74, 6) is -1.50. The van der Waals surface area contributed by atoms with Crippen molar-refractivity contribution in [1.29, 1.82) is 0 Å². The van der Waals surface area contributed by atoms with E-state index >= 15 is 0 Å². The molecule has 0 aliphatic heterocycles. The third kappa shape index (κ3) is 4.32. The molecule has 10 heteroatoms. The van der Waals surface area contributed by atoms with Crippen LogP contribution in [0.15, 0.2) is 53.4 Å². The molecule has 0 aromatic heterocycles. The van der Waals surface area contributed by atoms with E-state index < -0.39 is 39.0 Å². The highest BCUT2D eigenvalue weighted by Gasteiger charge is 2.31. The second kappa shape index (κ2) is 7.60. The van der Waals surface area contributed by atoms with E-state index in [-0.39, 0.29) is 16.3 Å². The van der Waals surface area contributed by atoms with E-state index in [4.69, 9.17) is 19.9 Å². The Bertz CT molecular complexity index is 993. The number of non-ortho nitro benzene ring substituents is 1. The van der Waals surface area contributed by atoms with Crippen molar-refractivity contribution in [3.8, 4) is 0 Å². The number of halogens is 1. The van der Waals surface area contributed by atoms with Crippen molar-refractivity contribution in [1.82, 2.24) is 0 Å². The molecule has 0 unspecified atom stereocenters. The van der Waals surface area contributed by atoms with Crippen LogP contribution in [0.2, 0.25) is 5.02 Å². The van der Waals surface area contributed by atoms with Crippen molar-refractivity contribution in [2.24, 2.45) is 0 Å². The van der Waals surface area contributed by atoms with Gasteiger partial charge in [0.2, 0.25) is 6.10 Å². The van der Waals surface area contributed by atoms with Crippen molar-refractivity contribution >= 4 is 33.4 Å². The maximum Gasteiger partial charge on any atom is 0.341 e. The second-order valence-corrected chi connectivity index (χ2v) is 6.60. The van der Waals surface area contributed by atoms with Gasteiger partial charge in [0.05, 0.1) is 21.0 Å². The number of ether oxygens (including phenoxy) is 1. The molecule has 2 aromatic rings. The van der Waals surface area contributed by atoms with Crippen LogP contribution < -0.4 is 0 Å². The highest BCUT2D eigenvalue weighted by Crippen LogP contribution is 2.30. The lowest BCUT2D eigenvalue weighted by atomic mass is 10.1. The van der Waals surface area contributed by atoms with Crippen LogP contribution in [0.4, 0.5) is 5.69 Å². The number of esters is 1. The van der Waals surface area contributed by atoms with E-state index in [1.165, 1.54) is 24.3 Å². The molecule has 132 valence electrons. The topological polar surface area (TPSA) is 113 Å². The summed E-state index contributed by atoms with van der Waals surface area (Å²) < 4.78 is 55.2.